The summed E-state index contributed by atoms with van der Waals surface area (Å²) < 4.78 is 73.2. The summed E-state index contributed by atoms with van der Waals surface area (Å²) in [6, 6.07) is 9.55. The highest BCUT2D eigenvalue weighted by Crippen LogP contribution is 2.36. The first kappa shape index (κ1) is 30.4. The number of pyridine rings is 2. The van der Waals surface area contributed by atoms with E-state index < -0.39 is 17.5 Å². The third-order valence-corrected chi connectivity index (χ3v) is 8.72. The molecule has 0 spiro atoms. The topological polar surface area (TPSA) is 78.4 Å². The highest BCUT2D eigenvalue weighted by atomic mass is 19.1. The zero-order chi connectivity index (χ0) is 31.6. The van der Waals surface area contributed by atoms with Crippen LogP contribution in [0.15, 0.2) is 42.6 Å². The number of hydrogen-bond donors (Lipinski definition) is 0. The van der Waals surface area contributed by atoms with Gasteiger partial charge in [-0.2, -0.15) is 0 Å². The van der Waals surface area contributed by atoms with Crippen molar-refractivity contribution in [2.75, 3.05) is 59.7 Å². The molecule has 5 heterocycles. The van der Waals surface area contributed by atoms with E-state index in [-0.39, 0.29) is 19.0 Å². The number of methoxy groups -OCH3 is 1. The van der Waals surface area contributed by atoms with Gasteiger partial charge in [-0.3, -0.25) is 9.88 Å². The van der Waals surface area contributed by atoms with Gasteiger partial charge in [-0.25, -0.2) is 18.2 Å². The standard InChI is InChI=1S/C34H35F3N4O5/c1-42-33-3-2-28-34(39-33)24(27(37)16-38-28)5-7-40-6-4-21(17-40)18-41(19-22-12-29-31(14-25(22)35)45-10-8-43-29)20-23-13-30-32(15-26(23)36)46-11-9-44-30/h2-3,12-16,21H,4-11,17-20H2,1H3/t21-/m0/s1. The lowest BCUT2D eigenvalue weighted by Gasteiger charge is -2.28. The Hall–Kier alpha value is -4.29. The first-order valence-electron chi connectivity index (χ1n) is 15.5. The third kappa shape index (κ3) is 6.50. The molecule has 46 heavy (non-hydrogen) atoms. The maximum absolute atomic E-state index is 15.3. The van der Waals surface area contributed by atoms with Gasteiger partial charge in [-0.1, -0.05) is 0 Å². The maximum atomic E-state index is 15.3. The van der Waals surface area contributed by atoms with E-state index in [1.807, 2.05) is 0 Å². The van der Waals surface area contributed by atoms with Gasteiger partial charge in [-0.05, 0) is 43.5 Å². The van der Waals surface area contributed by atoms with Crippen molar-refractivity contribution in [2.24, 2.45) is 5.92 Å². The second kappa shape index (κ2) is 13.2. The second-order valence-corrected chi connectivity index (χ2v) is 11.9. The van der Waals surface area contributed by atoms with E-state index in [0.717, 1.165) is 19.5 Å². The SMILES string of the molecule is COc1ccc2ncc(F)c(CCN3CC[C@H](CN(Cc4cc5c(cc4F)OCCO5)Cc4cc5c(cc4F)OCCO5)C3)c2n1. The van der Waals surface area contributed by atoms with Crippen molar-refractivity contribution >= 4 is 11.0 Å². The lowest BCUT2D eigenvalue weighted by atomic mass is 10.1. The molecule has 12 heteroatoms. The number of halogens is 3. The van der Waals surface area contributed by atoms with E-state index in [9.17, 15) is 4.39 Å². The largest absolute Gasteiger partial charge is 0.486 e. The molecule has 1 saturated heterocycles. The second-order valence-electron chi connectivity index (χ2n) is 11.9. The smallest absolute Gasteiger partial charge is 0.213 e. The van der Waals surface area contributed by atoms with E-state index >= 15 is 8.78 Å². The summed E-state index contributed by atoms with van der Waals surface area (Å²) in [6.07, 6.45) is 2.60. The van der Waals surface area contributed by atoms with Crippen LogP contribution in [0.5, 0.6) is 28.9 Å². The average molecular weight is 637 g/mol. The average Bonchev–Trinajstić information content (AvgIpc) is 3.51. The lowest BCUT2D eigenvalue weighted by molar-refractivity contribution is 0.167. The highest BCUT2D eigenvalue weighted by Gasteiger charge is 2.27. The van der Waals surface area contributed by atoms with E-state index in [1.54, 1.807) is 24.3 Å². The predicted octanol–water partition coefficient (Wildman–Crippen LogP) is 5.16. The van der Waals surface area contributed by atoms with Gasteiger partial charge in [0.1, 0.15) is 43.9 Å². The van der Waals surface area contributed by atoms with E-state index in [0.29, 0.717) is 103 Å². The molecule has 1 fully saturated rings. The van der Waals surface area contributed by atoms with E-state index in [1.165, 1.54) is 25.4 Å². The molecular weight excluding hydrogens is 601 g/mol. The van der Waals surface area contributed by atoms with Crippen LogP contribution in [-0.2, 0) is 19.5 Å². The Bertz CT molecular complexity index is 1670. The zero-order valence-corrected chi connectivity index (χ0v) is 25.6. The number of rotatable bonds is 10. The number of benzene rings is 2. The summed E-state index contributed by atoms with van der Waals surface area (Å²) >= 11 is 0. The van der Waals surface area contributed by atoms with Crippen molar-refractivity contribution in [1.82, 2.24) is 19.8 Å². The van der Waals surface area contributed by atoms with Crippen molar-refractivity contribution in [1.29, 1.82) is 0 Å². The highest BCUT2D eigenvalue weighted by molar-refractivity contribution is 5.78. The van der Waals surface area contributed by atoms with Gasteiger partial charge in [0.25, 0.3) is 0 Å². The molecule has 7 rings (SSSR count). The molecule has 0 radical (unpaired) electrons. The Labute approximate surface area is 264 Å². The van der Waals surface area contributed by atoms with Gasteiger partial charge >= 0.3 is 0 Å². The van der Waals surface area contributed by atoms with Crippen molar-refractivity contribution in [3.05, 3.63) is 76.7 Å². The number of aromatic nitrogens is 2. The molecule has 3 aliphatic rings. The first-order valence-corrected chi connectivity index (χ1v) is 15.5. The number of fused-ring (bicyclic) bond motifs is 3. The van der Waals surface area contributed by atoms with Crippen LogP contribution >= 0.6 is 0 Å². The van der Waals surface area contributed by atoms with Crippen molar-refractivity contribution in [3.8, 4) is 28.9 Å². The molecule has 0 amide bonds. The van der Waals surface area contributed by atoms with Crippen molar-refractivity contribution in [3.63, 3.8) is 0 Å². The molecule has 9 nitrogen and oxygen atoms in total. The minimum absolute atomic E-state index is 0.234. The molecule has 3 aliphatic heterocycles. The molecule has 2 aromatic carbocycles. The van der Waals surface area contributed by atoms with Crippen LogP contribution in [0.1, 0.15) is 23.1 Å². The van der Waals surface area contributed by atoms with Gasteiger partial charge in [0.15, 0.2) is 23.0 Å². The molecule has 0 unspecified atom stereocenters. The van der Waals surface area contributed by atoms with Crippen LogP contribution < -0.4 is 23.7 Å². The fourth-order valence-corrected chi connectivity index (χ4v) is 6.45. The molecule has 1 atom stereocenters. The summed E-state index contributed by atoms with van der Waals surface area (Å²) in [4.78, 5) is 13.0. The van der Waals surface area contributed by atoms with Crippen LogP contribution in [0.3, 0.4) is 0 Å². The lowest BCUT2D eigenvalue weighted by Crippen LogP contribution is -2.32. The molecule has 2 aromatic heterocycles. The quantitative estimate of drug-likeness (QED) is 0.235. The monoisotopic (exact) mass is 636 g/mol. The van der Waals surface area contributed by atoms with Gasteiger partial charge < -0.3 is 28.6 Å². The fraction of sp³-hybridized carbons (Fsp3) is 0.412. The van der Waals surface area contributed by atoms with Gasteiger partial charge in [0.05, 0.1) is 24.3 Å². The first-order chi connectivity index (χ1) is 22.4. The summed E-state index contributed by atoms with van der Waals surface area (Å²) in [5.41, 5.74) is 2.52. The van der Waals surface area contributed by atoms with Gasteiger partial charge in [-0.15, -0.1) is 0 Å². The number of ether oxygens (including phenoxy) is 5. The van der Waals surface area contributed by atoms with Crippen molar-refractivity contribution in [2.45, 2.75) is 25.9 Å². The molecular formula is C34H35F3N4O5. The molecule has 242 valence electrons. The zero-order valence-electron chi connectivity index (χ0n) is 25.6. The normalized spacial score (nSPS) is 17.5. The van der Waals surface area contributed by atoms with Crippen LogP contribution in [0.25, 0.3) is 11.0 Å². The number of likely N-dealkylation sites (tertiary alicyclic amines) is 1. The molecule has 0 saturated carbocycles. The Morgan fingerprint density at radius 3 is 2.07 bits per heavy atom. The van der Waals surface area contributed by atoms with Gasteiger partial charge in [0, 0.05) is 67.6 Å². The third-order valence-electron chi connectivity index (χ3n) is 8.72. The van der Waals surface area contributed by atoms with Crippen LogP contribution in [0.4, 0.5) is 13.2 Å². The Balaban J connectivity index is 1.07. The summed E-state index contributed by atoms with van der Waals surface area (Å²) in [5.74, 6) is 1.22. The Morgan fingerprint density at radius 1 is 0.848 bits per heavy atom. The van der Waals surface area contributed by atoms with E-state index in [2.05, 4.69) is 19.8 Å². The summed E-state index contributed by atoms with van der Waals surface area (Å²) in [7, 11) is 1.53. The number of hydrogen-bond acceptors (Lipinski definition) is 9. The molecule has 0 N–H and O–H groups in total. The van der Waals surface area contributed by atoms with Gasteiger partial charge in [0.2, 0.25) is 5.88 Å². The molecule has 4 aromatic rings. The molecule has 0 aliphatic carbocycles. The predicted molar refractivity (Wildman–Crippen MR) is 163 cm³/mol. The van der Waals surface area contributed by atoms with Crippen LogP contribution in [-0.4, -0.2) is 79.5 Å². The fourth-order valence-electron chi connectivity index (χ4n) is 6.45. The van der Waals surface area contributed by atoms with Crippen molar-refractivity contribution < 1.29 is 36.9 Å². The summed E-state index contributed by atoms with van der Waals surface area (Å²) in [5, 5.41) is 0. The number of nitrogens with zero attached hydrogens (tertiary/aromatic N) is 4. The maximum Gasteiger partial charge on any atom is 0.213 e. The van der Waals surface area contributed by atoms with Crippen LogP contribution in [0.2, 0.25) is 0 Å². The van der Waals surface area contributed by atoms with Crippen LogP contribution in [0, 0.1) is 23.4 Å². The minimum Gasteiger partial charge on any atom is -0.486 e. The van der Waals surface area contributed by atoms with E-state index in [4.69, 9.17) is 23.7 Å². The summed E-state index contributed by atoms with van der Waals surface area (Å²) in [6.45, 7) is 4.85. The Morgan fingerprint density at radius 2 is 1.46 bits per heavy atom. The minimum atomic E-state index is -0.401. The molecule has 0 bridgehead atoms. The Kier molecular flexibility index (Phi) is 8.72.